The van der Waals surface area contributed by atoms with Gasteiger partial charge >= 0.3 is 0 Å². The van der Waals surface area contributed by atoms with Crippen molar-refractivity contribution in [3.63, 3.8) is 0 Å². The lowest BCUT2D eigenvalue weighted by molar-refractivity contribution is 0.0315. The van der Waals surface area contributed by atoms with Crippen LogP contribution >= 0.6 is 11.3 Å². The van der Waals surface area contributed by atoms with Gasteiger partial charge in [-0.25, -0.2) is 18.4 Å². The predicted molar refractivity (Wildman–Crippen MR) is 111 cm³/mol. The van der Waals surface area contributed by atoms with Crippen molar-refractivity contribution < 1.29 is 13.2 Å². The molecule has 27 heavy (non-hydrogen) atoms. The molecule has 3 heterocycles. The molecular formula is C19H29N3O3S2. The average molecular weight is 412 g/mol. The average Bonchev–Trinajstić information content (AvgIpc) is 2.94. The number of hydrogen-bond donors (Lipinski definition) is 1. The third-order valence-corrected chi connectivity index (χ3v) is 7.06. The SMILES string of the molecule is Cc1nc(NCC2(CS(C)(=O)=O)CCOCC2)c2c(CC(C)C)csc2n1. The Bertz CT molecular complexity index is 900. The van der Waals surface area contributed by atoms with Crippen LogP contribution in [-0.4, -0.2) is 50.2 Å². The summed E-state index contributed by atoms with van der Waals surface area (Å²) < 4.78 is 29.5. The molecule has 2 aromatic rings. The first-order chi connectivity index (χ1) is 12.7. The number of nitrogens with one attached hydrogen (secondary N) is 1. The number of fused-ring (bicyclic) bond motifs is 1. The number of rotatable bonds is 7. The molecule has 0 bridgehead atoms. The molecule has 0 saturated carbocycles. The quantitative estimate of drug-likeness (QED) is 0.751. The molecule has 1 saturated heterocycles. The van der Waals surface area contributed by atoms with Gasteiger partial charge in [-0.1, -0.05) is 13.8 Å². The maximum absolute atomic E-state index is 12.0. The minimum Gasteiger partial charge on any atom is -0.381 e. The van der Waals surface area contributed by atoms with Crippen LogP contribution in [0.1, 0.15) is 38.1 Å². The second-order valence-corrected chi connectivity index (χ2v) is 11.2. The minimum atomic E-state index is -3.08. The lowest BCUT2D eigenvalue weighted by Crippen LogP contribution is -2.41. The Balaban J connectivity index is 1.91. The van der Waals surface area contributed by atoms with E-state index in [-0.39, 0.29) is 11.2 Å². The van der Waals surface area contributed by atoms with Crippen molar-refractivity contribution in [3.8, 4) is 0 Å². The molecule has 0 spiro atoms. The topological polar surface area (TPSA) is 81.2 Å². The maximum atomic E-state index is 12.0. The van der Waals surface area contributed by atoms with Crippen LogP contribution in [0.4, 0.5) is 5.82 Å². The Kier molecular flexibility index (Phi) is 6.08. The Morgan fingerprint density at radius 2 is 2.00 bits per heavy atom. The van der Waals surface area contributed by atoms with Crippen LogP contribution in [0.2, 0.25) is 0 Å². The van der Waals surface area contributed by atoms with Crippen LogP contribution in [0.25, 0.3) is 10.2 Å². The Hall–Kier alpha value is -1.25. The van der Waals surface area contributed by atoms with Crippen molar-refractivity contribution in [2.75, 3.05) is 37.1 Å². The Morgan fingerprint density at radius 1 is 1.30 bits per heavy atom. The number of ether oxygens (including phenoxy) is 1. The van der Waals surface area contributed by atoms with Gasteiger partial charge in [0.15, 0.2) is 0 Å². The molecular weight excluding hydrogens is 382 g/mol. The van der Waals surface area contributed by atoms with Gasteiger partial charge in [0, 0.05) is 31.4 Å². The third-order valence-electron chi connectivity index (χ3n) is 5.00. The van der Waals surface area contributed by atoms with Crippen LogP contribution in [0.3, 0.4) is 0 Å². The first-order valence-corrected chi connectivity index (χ1v) is 12.4. The highest BCUT2D eigenvalue weighted by molar-refractivity contribution is 7.90. The molecule has 0 atom stereocenters. The van der Waals surface area contributed by atoms with Gasteiger partial charge in [0.1, 0.15) is 26.3 Å². The van der Waals surface area contributed by atoms with Crippen LogP contribution < -0.4 is 5.32 Å². The van der Waals surface area contributed by atoms with Crippen molar-refractivity contribution >= 4 is 37.2 Å². The molecule has 1 aliphatic rings. The second kappa shape index (κ2) is 8.01. The van der Waals surface area contributed by atoms with Crippen molar-refractivity contribution in [2.45, 2.75) is 40.0 Å². The fourth-order valence-electron chi connectivity index (χ4n) is 3.83. The smallest absolute Gasteiger partial charge is 0.148 e. The van der Waals surface area contributed by atoms with Gasteiger partial charge in [0.25, 0.3) is 0 Å². The number of anilines is 1. The largest absolute Gasteiger partial charge is 0.381 e. The summed E-state index contributed by atoms with van der Waals surface area (Å²) in [5, 5.41) is 6.75. The molecule has 0 radical (unpaired) electrons. The van der Waals surface area contributed by atoms with E-state index in [2.05, 4.69) is 34.5 Å². The Morgan fingerprint density at radius 3 is 2.63 bits per heavy atom. The maximum Gasteiger partial charge on any atom is 0.148 e. The van der Waals surface area contributed by atoms with Crippen molar-refractivity contribution in [1.29, 1.82) is 0 Å². The van der Waals surface area contributed by atoms with Crippen LogP contribution in [-0.2, 0) is 21.0 Å². The van der Waals surface area contributed by atoms with Gasteiger partial charge in [0.05, 0.1) is 11.1 Å². The summed E-state index contributed by atoms with van der Waals surface area (Å²) >= 11 is 1.65. The van der Waals surface area contributed by atoms with E-state index in [1.165, 1.54) is 11.8 Å². The first kappa shape index (κ1) is 20.5. The zero-order valence-corrected chi connectivity index (χ0v) is 18.2. The van der Waals surface area contributed by atoms with Gasteiger partial charge in [-0.15, -0.1) is 11.3 Å². The molecule has 0 aliphatic carbocycles. The molecule has 1 N–H and O–H groups in total. The summed E-state index contributed by atoms with van der Waals surface area (Å²) in [6, 6.07) is 0. The number of nitrogens with zero attached hydrogens (tertiary/aromatic N) is 2. The number of thiophene rings is 1. The summed E-state index contributed by atoms with van der Waals surface area (Å²) in [4.78, 5) is 10.2. The van der Waals surface area contributed by atoms with E-state index in [0.717, 1.165) is 41.1 Å². The molecule has 0 amide bonds. The molecule has 0 aromatic carbocycles. The van der Waals surface area contributed by atoms with E-state index in [9.17, 15) is 8.42 Å². The summed E-state index contributed by atoms with van der Waals surface area (Å²) in [6.45, 7) is 8.08. The predicted octanol–water partition coefficient (Wildman–Crippen LogP) is 3.45. The number of hydrogen-bond acceptors (Lipinski definition) is 7. The van der Waals surface area contributed by atoms with Crippen molar-refractivity contribution in [1.82, 2.24) is 9.97 Å². The molecule has 0 unspecified atom stereocenters. The zero-order valence-electron chi connectivity index (χ0n) is 16.5. The van der Waals surface area contributed by atoms with E-state index in [1.807, 2.05) is 6.92 Å². The van der Waals surface area contributed by atoms with Crippen LogP contribution in [0.5, 0.6) is 0 Å². The normalized spacial score (nSPS) is 17.5. The van der Waals surface area contributed by atoms with E-state index in [1.54, 1.807) is 11.3 Å². The highest BCUT2D eigenvalue weighted by Gasteiger charge is 2.36. The third kappa shape index (κ3) is 5.18. The van der Waals surface area contributed by atoms with Gasteiger partial charge in [-0.3, -0.25) is 0 Å². The molecule has 150 valence electrons. The number of aryl methyl sites for hydroxylation is 1. The number of sulfone groups is 1. The fourth-order valence-corrected chi connectivity index (χ4v) is 6.33. The minimum absolute atomic E-state index is 0.173. The zero-order chi connectivity index (χ0) is 19.7. The van der Waals surface area contributed by atoms with E-state index in [4.69, 9.17) is 4.74 Å². The number of aromatic nitrogens is 2. The van der Waals surface area contributed by atoms with Gasteiger partial charge in [-0.05, 0) is 43.0 Å². The van der Waals surface area contributed by atoms with Gasteiger partial charge in [-0.2, -0.15) is 0 Å². The summed E-state index contributed by atoms with van der Waals surface area (Å²) in [5.41, 5.74) is 0.947. The molecule has 1 fully saturated rings. The highest BCUT2D eigenvalue weighted by atomic mass is 32.2. The fraction of sp³-hybridized carbons (Fsp3) is 0.684. The summed E-state index contributed by atoms with van der Waals surface area (Å²) in [6.07, 6.45) is 3.77. The highest BCUT2D eigenvalue weighted by Crippen LogP contribution is 2.35. The monoisotopic (exact) mass is 411 g/mol. The summed E-state index contributed by atoms with van der Waals surface area (Å²) in [5.74, 6) is 2.27. The first-order valence-electron chi connectivity index (χ1n) is 9.41. The lowest BCUT2D eigenvalue weighted by Gasteiger charge is -2.36. The second-order valence-electron chi connectivity index (χ2n) is 8.19. The van der Waals surface area contributed by atoms with Gasteiger partial charge in [0.2, 0.25) is 0 Å². The van der Waals surface area contributed by atoms with Crippen molar-refractivity contribution in [3.05, 3.63) is 16.8 Å². The Labute approximate surface area is 165 Å². The van der Waals surface area contributed by atoms with Crippen LogP contribution in [0, 0.1) is 18.3 Å². The molecule has 8 heteroatoms. The van der Waals surface area contributed by atoms with E-state index in [0.29, 0.717) is 25.7 Å². The molecule has 3 rings (SSSR count). The lowest BCUT2D eigenvalue weighted by atomic mass is 9.82. The van der Waals surface area contributed by atoms with E-state index < -0.39 is 9.84 Å². The molecule has 6 nitrogen and oxygen atoms in total. The summed E-state index contributed by atoms with van der Waals surface area (Å²) in [7, 11) is -3.08. The standard InChI is InChI=1S/C19H29N3O3S2/c1-13(2)9-15-10-26-18-16(15)17(21-14(3)22-18)20-11-19(12-27(4,23)24)5-7-25-8-6-19/h10,13H,5-9,11-12H2,1-4H3,(H,20,21,22). The molecule has 1 aliphatic heterocycles. The van der Waals surface area contributed by atoms with Gasteiger partial charge < -0.3 is 10.1 Å². The van der Waals surface area contributed by atoms with Crippen molar-refractivity contribution in [2.24, 2.45) is 11.3 Å². The van der Waals surface area contributed by atoms with Crippen LogP contribution in [0.15, 0.2) is 5.38 Å². The molecule has 2 aromatic heterocycles. The van der Waals surface area contributed by atoms with E-state index >= 15 is 0 Å².